The van der Waals surface area contributed by atoms with Crippen LogP contribution in [0, 0.1) is 0 Å². The molecular formula is C12H18BrN3. The van der Waals surface area contributed by atoms with Crippen molar-refractivity contribution < 1.29 is 0 Å². The van der Waals surface area contributed by atoms with Crippen molar-refractivity contribution in [3.8, 4) is 0 Å². The first-order valence-electron chi connectivity index (χ1n) is 5.70. The molecule has 0 spiro atoms. The van der Waals surface area contributed by atoms with Crippen LogP contribution in [-0.4, -0.2) is 37.6 Å². The maximum atomic E-state index is 6.21. The molecule has 16 heavy (non-hydrogen) atoms. The Morgan fingerprint density at radius 1 is 1.38 bits per heavy atom. The van der Waals surface area contributed by atoms with E-state index in [0.717, 1.165) is 37.2 Å². The van der Waals surface area contributed by atoms with Crippen molar-refractivity contribution in [2.45, 2.75) is 6.04 Å². The van der Waals surface area contributed by atoms with E-state index in [2.05, 4.69) is 38.3 Å². The smallest absolute Gasteiger partial charge is 0.0424 e. The van der Waals surface area contributed by atoms with Crippen LogP contribution in [0.2, 0.25) is 0 Å². The summed E-state index contributed by atoms with van der Waals surface area (Å²) < 4.78 is 1.10. The van der Waals surface area contributed by atoms with Crippen molar-refractivity contribution >= 4 is 15.9 Å². The first-order chi connectivity index (χ1) is 7.75. The molecule has 1 fully saturated rings. The Labute approximate surface area is 105 Å². The van der Waals surface area contributed by atoms with Gasteiger partial charge in [0, 0.05) is 43.2 Å². The molecule has 1 atom stereocenters. The Hall–Kier alpha value is -0.420. The van der Waals surface area contributed by atoms with Gasteiger partial charge >= 0.3 is 0 Å². The fourth-order valence-electron chi connectivity index (χ4n) is 2.01. The number of halogens is 1. The predicted octanol–water partition coefficient (Wildman–Crippen LogP) is 1.35. The van der Waals surface area contributed by atoms with Gasteiger partial charge in [-0.1, -0.05) is 28.1 Å². The maximum absolute atomic E-state index is 6.21. The Balaban J connectivity index is 1.94. The van der Waals surface area contributed by atoms with E-state index in [1.807, 2.05) is 12.1 Å². The van der Waals surface area contributed by atoms with Gasteiger partial charge in [0.1, 0.15) is 0 Å². The van der Waals surface area contributed by atoms with Crippen molar-refractivity contribution in [2.75, 3.05) is 32.7 Å². The molecule has 1 aromatic carbocycles. The Morgan fingerprint density at radius 2 is 2.12 bits per heavy atom. The average molecular weight is 284 g/mol. The summed E-state index contributed by atoms with van der Waals surface area (Å²) in [5.41, 5.74) is 7.41. The van der Waals surface area contributed by atoms with E-state index in [0.29, 0.717) is 0 Å². The first-order valence-corrected chi connectivity index (χ1v) is 6.49. The number of hydrogen-bond acceptors (Lipinski definition) is 3. The van der Waals surface area contributed by atoms with Crippen molar-refractivity contribution in [3.63, 3.8) is 0 Å². The van der Waals surface area contributed by atoms with E-state index in [9.17, 15) is 0 Å². The van der Waals surface area contributed by atoms with E-state index in [1.165, 1.54) is 5.56 Å². The van der Waals surface area contributed by atoms with Crippen LogP contribution in [-0.2, 0) is 0 Å². The zero-order valence-electron chi connectivity index (χ0n) is 9.32. The number of hydrogen-bond donors (Lipinski definition) is 2. The number of rotatable bonds is 3. The summed E-state index contributed by atoms with van der Waals surface area (Å²) in [6.07, 6.45) is 0. The zero-order chi connectivity index (χ0) is 11.4. The van der Waals surface area contributed by atoms with Gasteiger partial charge in [0.2, 0.25) is 0 Å². The number of benzene rings is 1. The summed E-state index contributed by atoms with van der Waals surface area (Å²) >= 11 is 3.48. The van der Waals surface area contributed by atoms with Gasteiger partial charge in [-0.05, 0) is 17.7 Å². The van der Waals surface area contributed by atoms with Gasteiger partial charge in [0.15, 0.2) is 0 Å². The number of piperazine rings is 1. The van der Waals surface area contributed by atoms with Crippen LogP contribution in [0.4, 0.5) is 0 Å². The monoisotopic (exact) mass is 283 g/mol. The average Bonchev–Trinajstić information content (AvgIpc) is 2.30. The molecule has 0 radical (unpaired) electrons. The molecule has 3 N–H and O–H groups in total. The molecule has 0 saturated carbocycles. The van der Waals surface area contributed by atoms with Crippen LogP contribution >= 0.6 is 15.9 Å². The minimum Gasteiger partial charge on any atom is -0.323 e. The second-order valence-corrected chi connectivity index (χ2v) is 5.13. The van der Waals surface area contributed by atoms with Crippen LogP contribution < -0.4 is 11.1 Å². The highest BCUT2D eigenvalue weighted by Crippen LogP contribution is 2.17. The number of nitrogens with two attached hydrogens (primary N) is 1. The molecule has 1 unspecified atom stereocenters. The summed E-state index contributed by atoms with van der Waals surface area (Å²) in [7, 11) is 0. The summed E-state index contributed by atoms with van der Waals surface area (Å²) in [5.74, 6) is 0. The molecule has 0 aliphatic carbocycles. The summed E-state index contributed by atoms with van der Waals surface area (Å²) in [6.45, 7) is 5.29. The molecule has 0 aromatic heterocycles. The molecule has 1 heterocycles. The van der Waals surface area contributed by atoms with Gasteiger partial charge in [-0.25, -0.2) is 0 Å². The maximum Gasteiger partial charge on any atom is 0.0424 e. The van der Waals surface area contributed by atoms with Gasteiger partial charge in [-0.3, -0.25) is 4.90 Å². The lowest BCUT2D eigenvalue weighted by atomic mass is 10.1. The lowest BCUT2D eigenvalue weighted by molar-refractivity contribution is 0.228. The van der Waals surface area contributed by atoms with Gasteiger partial charge < -0.3 is 11.1 Å². The van der Waals surface area contributed by atoms with E-state index < -0.39 is 0 Å². The molecule has 0 bridgehead atoms. The lowest BCUT2D eigenvalue weighted by Gasteiger charge is -2.29. The van der Waals surface area contributed by atoms with Gasteiger partial charge in [0.25, 0.3) is 0 Å². The molecule has 4 heteroatoms. The van der Waals surface area contributed by atoms with Crippen molar-refractivity contribution in [3.05, 3.63) is 34.3 Å². The van der Waals surface area contributed by atoms with Gasteiger partial charge in [-0.15, -0.1) is 0 Å². The number of nitrogens with one attached hydrogen (secondary N) is 1. The van der Waals surface area contributed by atoms with Crippen LogP contribution in [0.1, 0.15) is 11.6 Å². The molecule has 2 rings (SSSR count). The topological polar surface area (TPSA) is 41.3 Å². The largest absolute Gasteiger partial charge is 0.323 e. The van der Waals surface area contributed by atoms with Crippen molar-refractivity contribution in [1.29, 1.82) is 0 Å². The SMILES string of the molecule is NC(CN1CCNCC1)c1cccc(Br)c1. The normalized spacial score (nSPS) is 19.6. The molecule has 1 aliphatic rings. The Kier molecular flexibility index (Phi) is 4.35. The van der Waals surface area contributed by atoms with Crippen molar-refractivity contribution in [2.24, 2.45) is 5.73 Å². The molecule has 1 saturated heterocycles. The van der Waals surface area contributed by atoms with Gasteiger partial charge in [0.05, 0.1) is 0 Å². The third kappa shape index (κ3) is 3.28. The van der Waals surface area contributed by atoms with E-state index in [-0.39, 0.29) is 6.04 Å². The molecule has 1 aliphatic heterocycles. The van der Waals surface area contributed by atoms with Crippen LogP contribution in [0.25, 0.3) is 0 Å². The molecule has 3 nitrogen and oxygen atoms in total. The van der Waals surface area contributed by atoms with Crippen LogP contribution in [0.5, 0.6) is 0 Å². The second-order valence-electron chi connectivity index (χ2n) is 4.21. The Morgan fingerprint density at radius 3 is 2.81 bits per heavy atom. The first kappa shape index (κ1) is 12.0. The second kappa shape index (κ2) is 5.77. The van der Waals surface area contributed by atoms with Gasteiger partial charge in [-0.2, -0.15) is 0 Å². The Bertz CT molecular complexity index is 337. The minimum atomic E-state index is 0.107. The highest BCUT2D eigenvalue weighted by molar-refractivity contribution is 9.10. The summed E-state index contributed by atoms with van der Waals surface area (Å²) in [4.78, 5) is 2.42. The van der Waals surface area contributed by atoms with E-state index in [4.69, 9.17) is 5.73 Å². The fraction of sp³-hybridized carbons (Fsp3) is 0.500. The molecule has 88 valence electrons. The number of nitrogens with zero attached hydrogens (tertiary/aromatic N) is 1. The molecule has 1 aromatic rings. The van der Waals surface area contributed by atoms with Crippen LogP contribution in [0.3, 0.4) is 0 Å². The zero-order valence-corrected chi connectivity index (χ0v) is 10.9. The standard InChI is InChI=1S/C12H18BrN3/c13-11-3-1-2-10(8-11)12(14)9-16-6-4-15-5-7-16/h1-3,8,12,15H,4-7,9,14H2. The van der Waals surface area contributed by atoms with Crippen molar-refractivity contribution in [1.82, 2.24) is 10.2 Å². The van der Waals surface area contributed by atoms with E-state index in [1.54, 1.807) is 0 Å². The predicted molar refractivity (Wildman–Crippen MR) is 70.4 cm³/mol. The van der Waals surface area contributed by atoms with E-state index >= 15 is 0 Å². The fourth-order valence-corrected chi connectivity index (χ4v) is 2.43. The highest BCUT2D eigenvalue weighted by atomic mass is 79.9. The third-order valence-corrected chi connectivity index (χ3v) is 3.43. The molecular weight excluding hydrogens is 266 g/mol. The lowest BCUT2D eigenvalue weighted by Crippen LogP contribution is -2.45. The quantitative estimate of drug-likeness (QED) is 0.880. The minimum absolute atomic E-state index is 0.107. The summed E-state index contributed by atoms with van der Waals surface area (Å²) in [5, 5.41) is 3.35. The van der Waals surface area contributed by atoms with Crippen LogP contribution in [0.15, 0.2) is 28.7 Å². The summed E-state index contributed by atoms with van der Waals surface area (Å²) in [6, 6.07) is 8.37. The third-order valence-electron chi connectivity index (χ3n) is 2.94. The highest BCUT2D eigenvalue weighted by Gasteiger charge is 2.14. The molecule has 0 amide bonds.